The van der Waals surface area contributed by atoms with E-state index in [1.165, 1.54) is 0 Å². The molecule has 1 aliphatic heterocycles. The van der Waals surface area contributed by atoms with Crippen molar-refractivity contribution in [1.29, 1.82) is 0 Å². The van der Waals surface area contributed by atoms with Crippen LogP contribution in [-0.2, 0) is 16.1 Å². The molecule has 0 aliphatic carbocycles. The van der Waals surface area contributed by atoms with Gasteiger partial charge in [0.25, 0.3) is 0 Å². The van der Waals surface area contributed by atoms with Crippen LogP contribution in [0.4, 0.5) is 4.79 Å². The Labute approximate surface area is 161 Å². The number of carbonyl (C=O) groups is 2. The van der Waals surface area contributed by atoms with Gasteiger partial charge < -0.3 is 19.7 Å². The quantitative estimate of drug-likeness (QED) is 0.853. The molecule has 7 heteroatoms. The third kappa shape index (κ3) is 7.07. The minimum Gasteiger partial charge on any atom is -0.475 e. The molecule has 27 heavy (non-hydrogen) atoms. The molecule has 1 aliphatic rings. The lowest BCUT2D eigenvalue weighted by molar-refractivity contribution is -0.126. The molecule has 0 aromatic carbocycles. The Kier molecular flexibility index (Phi) is 7.05. The number of pyridine rings is 1. The van der Waals surface area contributed by atoms with Crippen LogP contribution >= 0.6 is 0 Å². The van der Waals surface area contributed by atoms with E-state index < -0.39 is 5.60 Å². The summed E-state index contributed by atoms with van der Waals surface area (Å²) in [5, 5.41) is 2.96. The number of nitrogens with zero attached hydrogens (tertiary/aromatic N) is 2. The second kappa shape index (κ2) is 9.06. The van der Waals surface area contributed by atoms with Gasteiger partial charge in [0, 0.05) is 37.8 Å². The largest absolute Gasteiger partial charge is 0.475 e. The van der Waals surface area contributed by atoms with Crippen molar-refractivity contribution in [3.63, 3.8) is 0 Å². The summed E-state index contributed by atoms with van der Waals surface area (Å²) in [5.41, 5.74) is 0.417. The lowest BCUT2D eigenvalue weighted by atomic mass is 9.96. The maximum atomic E-state index is 12.4. The van der Waals surface area contributed by atoms with Gasteiger partial charge in [0.1, 0.15) is 5.60 Å². The smallest absolute Gasteiger partial charge is 0.410 e. The summed E-state index contributed by atoms with van der Waals surface area (Å²) in [6.45, 7) is 10.9. The fraction of sp³-hybridized carbons (Fsp3) is 0.650. The van der Waals surface area contributed by atoms with Gasteiger partial charge in [-0.3, -0.25) is 4.79 Å². The van der Waals surface area contributed by atoms with Crippen LogP contribution < -0.4 is 10.1 Å². The molecule has 0 saturated carbocycles. The first-order valence-corrected chi connectivity index (χ1v) is 9.51. The number of ether oxygens (including phenoxy) is 2. The Morgan fingerprint density at radius 1 is 1.26 bits per heavy atom. The Bertz CT molecular complexity index is 630. The van der Waals surface area contributed by atoms with E-state index in [9.17, 15) is 9.59 Å². The molecule has 0 spiro atoms. The first kappa shape index (κ1) is 21.0. The van der Waals surface area contributed by atoms with E-state index in [-0.39, 0.29) is 24.0 Å². The van der Waals surface area contributed by atoms with Crippen molar-refractivity contribution in [3.05, 3.63) is 23.9 Å². The van der Waals surface area contributed by atoms with Crippen LogP contribution in [0, 0.1) is 5.92 Å². The molecule has 7 nitrogen and oxygen atoms in total. The number of hydrogen-bond acceptors (Lipinski definition) is 5. The minimum atomic E-state index is -0.505. The first-order valence-electron chi connectivity index (χ1n) is 9.51. The molecule has 1 saturated heterocycles. The van der Waals surface area contributed by atoms with Gasteiger partial charge in [-0.2, -0.15) is 0 Å². The van der Waals surface area contributed by atoms with Crippen LogP contribution in [0.25, 0.3) is 0 Å². The number of carbonyl (C=O) groups excluding carboxylic acids is 2. The molecular formula is C20H31N3O4. The van der Waals surface area contributed by atoms with E-state index in [1.807, 2.05) is 40.7 Å². The highest BCUT2D eigenvalue weighted by Gasteiger charge is 2.29. The standard InChI is InChI=1S/C20H31N3O4/c1-14(2)26-17-7-6-15(12-21-17)13-22-18(24)16-8-10-23(11-9-16)19(25)27-20(3,4)5/h6-7,12,14,16H,8-11,13H2,1-5H3,(H,22,24). The summed E-state index contributed by atoms with van der Waals surface area (Å²) in [6, 6.07) is 3.71. The van der Waals surface area contributed by atoms with Gasteiger partial charge in [-0.05, 0) is 53.0 Å². The van der Waals surface area contributed by atoms with Crippen molar-refractivity contribution < 1.29 is 19.1 Å². The number of likely N-dealkylation sites (tertiary alicyclic amines) is 1. The second-order valence-electron chi connectivity index (χ2n) is 8.13. The number of nitrogens with one attached hydrogen (secondary N) is 1. The zero-order chi connectivity index (χ0) is 20.0. The molecule has 1 N–H and O–H groups in total. The molecule has 0 atom stereocenters. The highest BCUT2D eigenvalue weighted by molar-refractivity contribution is 5.79. The maximum absolute atomic E-state index is 12.4. The highest BCUT2D eigenvalue weighted by atomic mass is 16.6. The van der Waals surface area contributed by atoms with E-state index >= 15 is 0 Å². The lowest BCUT2D eigenvalue weighted by Gasteiger charge is -2.32. The molecule has 0 radical (unpaired) electrons. The maximum Gasteiger partial charge on any atom is 0.410 e. The summed E-state index contributed by atoms with van der Waals surface area (Å²) < 4.78 is 10.9. The molecule has 2 amide bonds. The Morgan fingerprint density at radius 3 is 2.44 bits per heavy atom. The van der Waals surface area contributed by atoms with E-state index in [4.69, 9.17) is 9.47 Å². The topological polar surface area (TPSA) is 80.8 Å². The Hall–Kier alpha value is -2.31. The normalized spacial score (nSPS) is 15.6. The molecule has 1 aromatic rings. The zero-order valence-electron chi connectivity index (χ0n) is 16.9. The van der Waals surface area contributed by atoms with E-state index in [2.05, 4.69) is 10.3 Å². The molecule has 1 aromatic heterocycles. The summed E-state index contributed by atoms with van der Waals surface area (Å²) >= 11 is 0. The molecule has 0 unspecified atom stereocenters. The predicted octanol–water partition coefficient (Wildman–Crippen LogP) is 3.13. The van der Waals surface area contributed by atoms with E-state index in [1.54, 1.807) is 17.2 Å². The number of piperidine rings is 1. The SMILES string of the molecule is CC(C)Oc1ccc(CNC(=O)C2CCN(C(=O)OC(C)(C)C)CC2)cn1. The summed E-state index contributed by atoms with van der Waals surface area (Å²) in [6.07, 6.45) is 2.77. The van der Waals surface area contributed by atoms with Crippen LogP contribution in [0.2, 0.25) is 0 Å². The molecule has 150 valence electrons. The Morgan fingerprint density at radius 2 is 1.93 bits per heavy atom. The van der Waals surface area contributed by atoms with Crippen LogP contribution in [0.15, 0.2) is 18.3 Å². The molecule has 0 bridgehead atoms. The highest BCUT2D eigenvalue weighted by Crippen LogP contribution is 2.20. The van der Waals surface area contributed by atoms with Crippen LogP contribution in [0.1, 0.15) is 53.0 Å². The molecule has 2 heterocycles. The summed E-state index contributed by atoms with van der Waals surface area (Å²) in [7, 11) is 0. The van der Waals surface area contributed by atoms with Gasteiger partial charge in [0.05, 0.1) is 6.10 Å². The first-order chi connectivity index (χ1) is 12.6. The minimum absolute atomic E-state index is 0.0151. The van der Waals surface area contributed by atoms with E-state index in [0.717, 1.165) is 5.56 Å². The average Bonchev–Trinajstić information content (AvgIpc) is 2.59. The fourth-order valence-electron chi connectivity index (χ4n) is 2.81. The lowest BCUT2D eigenvalue weighted by Crippen LogP contribution is -2.44. The summed E-state index contributed by atoms with van der Waals surface area (Å²) in [4.78, 5) is 30.4. The van der Waals surface area contributed by atoms with Crippen molar-refractivity contribution in [2.75, 3.05) is 13.1 Å². The van der Waals surface area contributed by atoms with Gasteiger partial charge in [-0.25, -0.2) is 9.78 Å². The number of amides is 2. The van der Waals surface area contributed by atoms with Crippen molar-refractivity contribution in [2.24, 2.45) is 5.92 Å². The van der Waals surface area contributed by atoms with Crippen LogP contribution in [-0.4, -0.2) is 46.7 Å². The monoisotopic (exact) mass is 377 g/mol. The zero-order valence-corrected chi connectivity index (χ0v) is 16.9. The van der Waals surface area contributed by atoms with E-state index in [0.29, 0.717) is 38.4 Å². The number of rotatable bonds is 5. The number of aromatic nitrogens is 1. The van der Waals surface area contributed by atoms with Crippen LogP contribution in [0.5, 0.6) is 5.88 Å². The Balaban J connectivity index is 1.75. The van der Waals surface area contributed by atoms with Gasteiger partial charge in [0.15, 0.2) is 0 Å². The number of hydrogen-bond donors (Lipinski definition) is 1. The third-order valence-electron chi connectivity index (χ3n) is 4.14. The molecular weight excluding hydrogens is 346 g/mol. The van der Waals surface area contributed by atoms with Gasteiger partial charge >= 0.3 is 6.09 Å². The fourth-order valence-corrected chi connectivity index (χ4v) is 2.81. The van der Waals surface area contributed by atoms with Crippen LogP contribution in [0.3, 0.4) is 0 Å². The molecule has 1 fully saturated rings. The third-order valence-corrected chi connectivity index (χ3v) is 4.14. The van der Waals surface area contributed by atoms with Crippen molar-refractivity contribution in [2.45, 2.75) is 65.7 Å². The second-order valence-corrected chi connectivity index (χ2v) is 8.13. The average molecular weight is 377 g/mol. The molecule has 2 rings (SSSR count). The van der Waals surface area contributed by atoms with Crippen molar-refractivity contribution in [3.8, 4) is 5.88 Å². The van der Waals surface area contributed by atoms with Gasteiger partial charge in [0.2, 0.25) is 11.8 Å². The van der Waals surface area contributed by atoms with Crippen molar-refractivity contribution >= 4 is 12.0 Å². The van der Waals surface area contributed by atoms with Gasteiger partial charge in [-0.1, -0.05) is 6.07 Å². The van der Waals surface area contributed by atoms with Crippen molar-refractivity contribution in [1.82, 2.24) is 15.2 Å². The van der Waals surface area contributed by atoms with Gasteiger partial charge in [-0.15, -0.1) is 0 Å². The predicted molar refractivity (Wildman–Crippen MR) is 102 cm³/mol. The summed E-state index contributed by atoms with van der Waals surface area (Å²) in [5.74, 6) is 0.510.